The molecule has 0 amide bonds. The summed E-state index contributed by atoms with van der Waals surface area (Å²) in [6, 6.07) is 0. The first-order valence-electron chi connectivity index (χ1n) is 12.6. The minimum atomic E-state index is -5.25. The molecule has 1 N–H and O–H groups in total. The molecule has 3 fully saturated rings. The van der Waals surface area contributed by atoms with E-state index < -0.39 is 24.7 Å². The van der Waals surface area contributed by atoms with Crippen LogP contribution in [0.3, 0.4) is 0 Å². The quantitative estimate of drug-likeness (QED) is 0.368. The number of hydrogen-bond donors (Lipinski definition) is 1. The van der Waals surface area contributed by atoms with E-state index in [1.807, 2.05) is 6.92 Å². The highest BCUT2D eigenvalue weighted by molar-refractivity contribution is 5.36. The van der Waals surface area contributed by atoms with Crippen LogP contribution in [-0.2, 0) is 0 Å². The number of rotatable bonds is 6. The van der Waals surface area contributed by atoms with E-state index in [0.29, 0.717) is 24.7 Å². The van der Waals surface area contributed by atoms with Crippen LogP contribution in [-0.4, -0.2) is 23.6 Å². The largest absolute Gasteiger partial charge is 0.400 e. The van der Waals surface area contributed by atoms with Crippen LogP contribution in [0.15, 0.2) is 35.5 Å². The molecular weight excluding hydrogens is 454 g/mol. The summed E-state index contributed by atoms with van der Waals surface area (Å²) in [5, 5.41) is 9.99. The van der Waals surface area contributed by atoms with Crippen molar-refractivity contribution in [2.75, 3.05) is 0 Å². The molecule has 194 valence electrons. The fourth-order valence-corrected chi connectivity index (χ4v) is 6.97. The number of halogens is 6. The predicted molar refractivity (Wildman–Crippen MR) is 122 cm³/mol. The number of alkyl halides is 6. The third kappa shape index (κ3) is 6.11. The van der Waals surface area contributed by atoms with E-state index in [4.69, 9.17) is 0 Å². The molecule has 5 atom stereocenters. The number of allylic oxidation sites excluding steroid dienone is 4. The highest BCUT2D eigenvalue weighted by Gasteiger charge is 2.56. The third-order valence-electron chi connectivity index (χ3n) is 8.85. The Labute approximate surface area is 199 Å². The Kier molecular flexibility index (Phi) is 8.36. The average Bonchev–Trinajstić information content (AvgIpc) is 3.07. The molecule has 3 aliphatic rings. The Morgan fingerprint density at radius 1 is 1.03 bits per heavy atom. The first kappa shape index (κ1) is 27.3. The van der Waals surface area contributed by atoms with Crippen LogP contribution in [0.2, 0.25) is 0 Å². The van der Waals surface area contributed by atoms with Crippen molar-refractivity contribution in [3.8, 4) is 0 Å². The number of aliphatic hydroxyl groups excluding tert-OH is 1. The normalized spacial score (nSPS) is 34.2. The second kappa shape index (κ2) is 10.4. The molecule has 3 rings (SSSR count). The van der Waals surface area contributed by atoms with Crippen molar-refractivity contribution in [2.45, 2.75) is 103 Å². The summed E-state index contributed by atoms with van der Waals surface area (Å²) in [6.07, 6.45) is 0.170. The van der Waals surface area contributed by atoms with Gasteiger partial charge in [0.1, 0.15) is 0 Å². The topological polar surface area (TPSA) is 20.2 Å². The van der Waals surface area contributed by atoms with Gasteiger partial charge in [-0.05, 0) is 86.5 Å². The van der Waals surface area contributed by atoms with Gasteiger partial charge in [0.25, 0.3) is 0 Å². The zero-order chi connectivity index (χ0) is 25.3. The van der Waals surface area contributed by atoms with Crippen molar-refractivity contribution in [3.63, 3.8) is 0 Å². The Morgan fingerprint density at radius 3 is 2.35 bits per heavy atom. The summed E-state index contributed by atoms with van der Waals surface area (Å²) in [5.74, 6) is -2.45. The van der Waals surface area contributed by atoms with E-state index >= 15 is 0 Å². The maximum atomic E-state index is 12.9. The Bertz CT molecular complexity index is 778. The summed E-state index contributed by atoms with van der Waals surface area (Å²) < 4.78 is 77.2. The van der Waals surface area contributed by atoms with Gasteiger partial charge >= 0.3 is 12.4 Å². The molecular formula is C27H38F6O. The van der Waals surface area contributed by atoms with Crippen molar-refractivity contribution in [2.24, 2.45) is 29.1 Å². The lowest BCUT2D eigenvalue weighted by Crippen LogP contribution is -2.37. The van der Waals surface area contributed by atoms with E-state index in [0.717, 1.165) is 56.1 Å². The molecule has 0 aromatic heterocycles. The van der Waals surface area contributed by atoms with E-state index in [2.05, 4.69) is 25.7 Å². The van der Waals surface area contributed by atoms with Crippen molar-refractivity contribution in [3.05, 3.63) is 35.5 Å². The SMILES string of the molecule is C=C1CC[C@H](O)C/C1=C/C=C1CCC[C@@]2(C)C1CC[C@@H]2[C@H](C)CCCC(C(F)(F)F)C(F)(F)F. The summed E-state index contributed by atoms with van der Waals surface area (Å²) in [6.45, 7) is 8.40. The van der Waals surface area contributed by atoms with Gasteiger partial charge in [-0.25, -0.2) is 0 Å². The zero-order valence-corrected chi connectivity index (χ0v) is 20.2. The number of aliphatic hydroxyl groups is 1. The van der Waals surface area contributed by atoms with Gasteiger partial charge in [0.2, 0.25) is 0 Å². The Hall–Kier alpha value is -1.24. The molecule has 1 unspecified atom stereocenters. The minimum absolute atomic E-state index is 0.0263. The van der Waals surface area contributed by atoms with Gasteiger partial charge in [-0.15, -0.1) is 0 Å². The van der Waals surface area contributed by atoms with Crippen LogP contribution in [0.1, 0.15) is 84.5 Å². The van der Waals surface area contributed by atoms with E-state index in [9.17, 15) is 31.4 Å². The lowest BCUT2D eigenvalue weighted by atomic mass is 9.60. The smallest absolute Gasteiger partial charge is 0.393 e. The van der Waals surface area contributed by atoms with Gasteiger partial charge in [0, 0.05) is 0 Å². The van der Waals surface area contributed by atoms with E-state index in [1.54, 1.807) is 0 Å². The van der Waals surface area contributed by atoms with Crippen LogP contribution >= 0.6 is 0 Å². The molecule has 1 nitrogen and oxygen atoms in total. The van der Waals surface area contributed by atoms with Gasteiger partial charge in [-0.1, -0.05) is 56.6 Å². The maximum Gasteiger partial charge on any atom is 0.400 e. The van der Waals surface area contributed by atoms with Gasteiger partial charge in [0.15, 0.2) is 5.92 Å². The summed E-state index contributed by atoms with van der Waals surface area (Å²) in [7, 11) is 0. The van der Waals surface area contributed by atoms with Gasteiger partial charge in [-0.3, -0.25) is 0 Å². The zero-order valence-electron chi connectivity index (χ0n) is 20.2. The summed E-state index contributed by atoms with van der Waals surface area (Å²) in [5.41, 5.74) is 3.59. The average molecular weight is 493 g/mol. The second-order valence-corrected chi connectivity index (χ2v) is 11.1. The fraction of sp³-hybridized carbons (Fsp3) is 0.778. The molecule has 3 saturated carbocycles. The van der Waals surface area contributed by atoms with Crippen molar-refractivity contribution in [1.29, 1.82) is 0 Å². The van der Waals surface area contributed by atoms with Crippen LogP contribution < -0.4 is 0 Å². The monoisotopic (exact) mass is 492 g/mol. The lowest BCUT2D eigenvalue weighted by Gasteiger charge is -2.44. The first-order chi connectivity index (χ1) is 15.7. The van der Waals surface area contributed by atoms with E-state index in [-0.39, 0.29) is 23.9 Å². The first-order valence-corrected chi connectivity index (χ1v) is 12.6. The Morgan fingerprint density at radius 2 is 1.71 bits per heavy atom. The van der Waals surface area contributed by atoms with Crippen molar-refractivity contribution >= 4 is 0 Å². The lowest BCUT2D eigenvalue weighted by molar-refractivity contribution is -0.286. The van der Waals surface area contributed by atoms with Crippen molar-refractivity contribution in [1.82, 2.24) is 0 Å². The number of hydrogen-bond acceptors (Lipinski definition) is 1. The number of fused-ring (bicyclic) bond motifs is 1. The predicted octanol–water partition coefficient (Wildman–Crippen LogP) is 8.70. The molecule has 34 heavy (non-hydrogen) atoms. The fourth-order valence-electron chi connectivity index (χ4n) is 6.97. The molecule has 0 aromatic carbocycles. The molecule has 0 aliphatic heterocycles. The van der Waals surface area contributed by atoms with Crippen LogP contribution in [0, 0.1) is 29.1 Å². The maximum absolute atomic E-state index is 12.9. The minimum Gasteiger partial charge on any atom is -0.393 e. The Balaban J connectivity index is 1.65. The molecule has 7 heteroatoms. The molecule has 3 aliphatic carbocycles. The van der Waals surface area contributed by atoms with Crippen LogP contribution in [0.5, 0.6) is 0 Å². The molecule has 0 bridgehead atoms. The highest BCUT2D eigenvalue weighted by atomic mass is 19.4. The van der Waals surface area contributed by atoms with Gasteiger partial charge < -0.3 is 5.11 Å². The van der Waals surface area contributed by atoms with Gasteiger partial charge in [-0.2, -0.15) is 26.3 Å². The molecule has 0 spiro atoms. The second-order valence-electron chi connectivity index (χ2n) is 11.1. The molecule has 0 heterocycles. The summed E-state index contributed by atoms with van der Waals surface area (Å²) >= 11 is 0. The molecule has 0 aromatic rings. The van der Waals surface area contributed by atoms with Crippen molar-refractivity contribution < 1.29 is 31.4 Å². The van der Waals surface area contributed by atoms with Gasteiger partial charge in [0.05, 0.1) is 6.10 Å². The summed E-state index contributed by atoms with van der Waals surface area (Å²) in [4.78, 5) is 0. The highest BCUT2D eigenvalue weighted by Crippen LogP contribution is 2.60. The van der Waals surface area contributed by atoms with E-state index in [1.165, 1.54) is 5.57 Å². The van der Waals surface area contributed by atoms with Crippen LogP contribution in [0.4, 0.5) is 26.3 Å². The molecule has 0 saturated heterocycles. The van der Waals surface area contributed by atoms with Crippen LogP contribution in [0.25, 0.3) is 0 Å². The molecule has 0 radical (unpaired) electrons. The standard InChI is InChI=1S/C27H38F6O/c1-17-9-12-21(34)16-20(17)11-10-19-7-5-15-25(3)22(13-14-23(19)25)18(2)6-4-8-24(26(28,29)30)27(31,32)33/h10-11,18,21-24,34H,1,4-9,12-16H2,2-3H3/b19-10?,20-11-/t18-,21+,22-,23?,25-/m1/s1. The third-order valence-corrected chi connectivity index (χ3v) is 8.85.